The minimum Gasteiger partial charge on any atom is -0.481 e. The van der Waals surface area contributed by atoms with E-state index in [-0.39, 0.29) is 5.91 Å². The van der Waals surface area contributed by atoms with Crippen molar-refractivity contribution in [3.63, 3.8) is 0 Å². The molecule has 1 heterocycles. The Morgan fingerprint density at radius 3 is 2.86 bits per heavy atom. The summed E-state index contributed by atoms with van der Waals surface area (Å²) in [5.41, 5.74) is 3.25. The highest BCUT2D eigenvalue weighted by Crippen LogP contribution is 2.22. The molecule has 1 amide bonds. The lowest BCUT2D eigenvalue weighted by atomic mass is 10.2. The molecule has 0 aliphatic heterocycles. The van der Waals surface area contributed by atoms with Crippen LogP contribution in [0.15, 0.2) is 44.5 Å². The van der Waals surface area contributed by atoms with Crippen molar-refractivity contribution in [2.45, 2.75) is 20.0 Å². The Labute approximate surface area is 141 Å². The fraction of sp³-hybridized carbons (Fsp3) is 0.200. The van der Waals surface area contributed by atoms with Crippen molar-refractivity contribution in [2.24, 2.45) is 5.10 Å². The van der Waals surface area contributed by atoms with Gasteiger partial charge in [-0.05, 0) is 65.7 Å². The van der Waals surface area contributed by atoms with Gasteiger partial charge in [-0.3, -0.25) is 4.79 Å². The molecule has 0 saturated heterocycles. The number of carbonyl (C=O) groups is 1. The summed E-state index contributed by atoms with van der Waals surface area (Å²) in [7, 11) is 0. The standard InChI is InChI=1S/C15H14BrClN2O3/c1-9-7-11(17)3-5-13(9)21-10(2)15(20)19-18-8-12-4-6-14(16)22-12/h3-8,10H,1-2H3,(H,19,20)/b18-8+/t10-/m0/s1. The number of hydrazone groups is 1. The minimum absolute atomic E-state index is 0.365. The van der Waals surface area contributed by atoms with E-state index >= 15 is 0 Å². The van der Waals surface area contributed by atoms with Gasteiger partial charge in [-0.25, -0.2) is 5.43 Å². The molecule has 2 rings (SSSR count). The van der Waals surface area contributed by atoms with Gasteiger partial charge in [-0.2, -0.15) is 5.10 Å². The summed E-state index contributed by atoms with van der Waals surface area (Å²) in [4.78, 5) is 11.9. The van der Waals surface area contributed by atoms with Crippen LogP contribution in [0.25, 0.3) is 0 Å². The van der Waals surface area contributed by atoms with Crippen LogP contribution in [-0.4, -0.2) is 18.2 Å². The van der Waals surface area contributed by atoms with Crippen molar-refractivity contribution in [1.29, 1.82) is 0 Å². The van der Waals surface area contributed by atoms with Crippen molar-refractivity contribution in [2.75, 3.05) is 0 Å². The SMILES string of the molecule is Cc1cc(Cl)ccc1O[C@@H](C)C(=O)N/N=C/c1ccc(Br)o1. The first kappa shape index (κ1) is 16.6. The van der Waals surface area contributed by atoms with Crippen LogP contribution < -0.4 is 10.2 Å². The monoisotopic (exact) mass is 384 g/mol. The zero-order valence-corrected chi connectivity index (χ0v) is 14.3. The molecule has 116 valence electrons. The number of hydrogen-bond donors (Lipinski definition) is 1. The summed E-state index contributed by atoms with van der Waals surface area (Å²) in [5, 5.41) is 4.44. The van der Waals surface area contributed by atoms with Crippen LogP contribution in [0.3, 0.4) is 0 Å². The first-order chi connectivity index (χ1) is 10.5. The third-order valence-corrected chi connectivity index (χ3v) is 3.43. The number of aryl methyl sites for hydroxylation is 1. The molecule has 0 unspecified atom stereocenters. The average Bonchev–Trinajstić information content (AvgIpc) is 2.87. The molecule has 0 bridgehead atoms. The van der Waals surface area contributed by atoms with Crippen molar-refractivity contribution >= 4 is 39.7 Å². The summed E-state index contributed by atoms with van der Waals surface area (Å²) in [6, 6.07) is 8.66. The molecular weight excluding hydrogens is 372 g/mol. The van der Waals surface area contributed by atoms with E-state index in [1.807, 2.05) is 6.92 Å². The zero-order chi connectivity index (χ0) is 16.1. The summed E-state index contributed by atoms with van der Waals surface area (Å²) >= 11 is 9.06. The second-order valence-corrected chi connectivity index (χ2v) is 5.76. The summed E-state index contributed by atoms with van der Waals surface area (Å²) in [6.07, 6.45) is 0.712. The molecular formula is C15H14BrClN2O3. The molecule has 22 heavy (non-hydrogen) atoms. The quantitative estimate of drug-likeness (QED) is 0.627. The topological polar surface area (TPSA) is 63.8 Å². The Morgan fingerprint density at radius 2 is 2.23 bits per heavy atom. The van der Waals surface area contributed by atoms with E-state index in [4.69, 9.17) is 20.8 Å². The van der Waals surface area contributed by atoms with E-state index in [0.29, 0.717) is 21.2 Å². The van der Waals surface area contributed by atoms with E-state index in [9.17, 15) is 4.79 Å². The molecule has 2 aromatic rings. The highest BCUT2D eigenvalue weighted by atomic mass is 79.9. The Hall–Kier alpha value is -1.79. The molecule has 1 aromatic heterocycles. The lowest BCUT2D eigenvalue weighted by Gasteiger charge is -2.14. The van der Waals surface area contributed by atoms with Crippen LogP contribution in [0.2, 0.25) is 5.02 Å². The van der Waals surface area contributed by atoms with Gasteiger partial charge in [-0.1, -0.05) is 11.6 Å². The van der Waals surface area contributed by atoms with Gasteiger partial charge in [-0.15, -0.1) is 0 Å². The Kier molecular flexibility index (Phi) is 5.63. The predicted molar refractivity (Wildman–Crippen MR) is 88.4 cm³/mol. The largest absolute Gasteiger partial charge is 0.481 e. The number of nitrogens with zero attached hydrogens (tertiary/aromatic N) is 1. The molecule has 0 fully saturated rings. The molecule has 0 saturated carbocycles. The first-order valence-corrected chi connectivity index (χ1v) is 7.64. The van der Waals surface area contributed by atoms with E-state index in [1.54, 1.807) is 37.3 Å². The number of carbonyl (C=O) groups excluding carboxylic acids is 1. The Morgan fingerprint density at radius 1 is 1.45 bits per heavy atom. The highest BCUT2D eigenvalue weighted by Gasteiger charge is 2.15. The van der Waals surface area contributed by atoms with E-state index in [0.717, 1.165) is 5.56 Å². The number of ether oxygens (including phenoxy) is 1. The molecule has 0 aliphatic carbocycles. The van der Waals surface area contributed by atoms with Crippen LogP contribution in [0.4, 0.5) is 0 Å². The second-order valence-electron chi connectivity index (χ2n) is 4.55. The van der Waals surface area contributed by atoms with Gasteiger partial charge in [0.1, 0.15) is 11.5 Å². The van der Waals surface area contributed by atoms with Crippen molar-refractivity contribution in [1.82, 2.24) is 5.43 Å². The molecule has 1 atom stereocenters. The van der Waals surface area contributed by atoms with E-state index in [1.165, 1.54) is 6.21 Å². The maximum Gasteiger partial charge on any atom is 0.280 e. The Bertz CT molecular complexity index is 700. The van der Waals surface area contributed by atoms with E-state index < -0.39 is 6.10 Å². The molecule has 1 N–H and O–H groups in total. The number of furan rings is 1. The Balaban J connectivity index is 1.90. The van der Waals surface area contributed by atoms with Crippen molar-refractivity contribution in [3.05, 3.63) is 51.3 Å². The summed E-state index contributed by atoms with van der Waals surface area (Å²) < 4.78 is 11.4. The number of nitrogens with one attached hydrogen (secondary N) is 1. The molecule has 0 radical (unpaired) electrons. The number of hydrogen-bond acceptors (Lipinski definition) is 4. The van der Waals surface area contributed by atoms with Crippen molar-refractivity contribution < 1.29 is 13.9 Å². The van der Waals surface area contributed by atoms with E-state index in [2.05, 4.69) is 26.5 Å². The first-order valence-electron chi connectivity index (χ1n) is 6.47. The van der Waals surface area contributed by atoms with Crippen LogP contribution in [0.5, 0.6) is 5.75 Å². The molecule has 0 spiro atoms. The average molecular weight is 386 g/mol. The highest BCUT2D eigenvalue weighted by molar-refractivity contribution is 9.10. The fourth-order valence-corrected chi connectivity index (χ4v) is 2.18. The lowest BCUT2D eigenvalue weighted by Crippen LogP contribution is -2.33. The zero-order valence-electron chi connectivity index (χ0n) is 12.0. The maximum absolute atomic E-state index is 11.9. The normalized spacial score (nSPS) is 12.4. The number of halogens is 2. The number of amides is 1. The van der Waals surface area contributed by atoms with Gasteiger partial charge in [0.05, 0.1) is 6.21 Å². The van der Waals surface area contributed by atoms with Gasteiger partial charge < -0.3 is 9.15 Å². The van der Waals surface area contributed by atoms with Crippen LogP contribution in [-0.2, 0) is 4.79 Å². The predicted octanol–water partition coefficient (Wildman–Crippen LogP) is 3.92. The maximum atomic E-state index is 11.9. The lowest BCUT2D eigenvalue weighted by molar-refractivity contribution is -0.127. The van der Waals surface area contributed by atoms with Gasteiger partial charge in [0, 0.05) is 5.02 Å². The summed E-state index contributed by atoms with van der Waals surface area (Å²) in [6.45, 7) is 3.50. The third kappa shape index (κ3) is 4.61. The second kappa shape index (κ2) is 7.47. The molecule has 5 nitrogen and oxygen atoms in total. The van der Waals surface area contributed by atoms with Gasteiger partial charge in [0.25, 0.3) is 5.91 Å². The third-order valence-electron chi connectivity index (χ3n) is 2.77. The van der Waals surface area contributed by atoms with Gasteiger partial charge in [0.2, 0.25) is 0 Å². The van der Waals surface area contributed by atoms with Gasteiger partial charge in [0.15, 0.2) is 10.8 Å². The van der Waals surface area contributed by atoms with Crippen LogP contribution in [0.1, 0.15) is 18.2 Å². The molecule has 0 aliphatic rings. The fourth-order valence-electron chi connectivity index (χ4n) is 1.64. The smallest absolute Gasteiger partial charge is 0.280 e. The molecule has 7 heteroatoms. The van der Waals surface area contributed by atoms with Gasteiger partial charge >= 0.3 is 0 Å². The van der Waals surface area contributed by atoms with Crippen LogP contribution >= 0.6 is 27.5 Å². The number of benzene rings is 1. The van der Waals surface area contributed by atoms with Crippen molar-refractivity contribution in [3.8, 4) is 5.75 Å². The molecule has 1 aromatic carbocycles. The number of rotatable bonds is 5. The minimum atomic E-state index is -0.694. The van der Waals surface area contributed by atoms with Crippen LogP contribution in [0, 0.1) is 6.92 Å². The summed E-state index contributed by atoms with van der Waals surface area (Å²) in [5.74, 6) is 0.761.